The number of methoxy groups -OCH3 is 2. The van der Waals surface area contributed by atoms with Gasteiger partial charge in [-0.25, -0.2) is 0 Å². The molecule has 0 bridgehead atoms. The van der Waals surface area contributed by atoms with Gasteiger partial charge in [0.05, 0.1) is 14.2 Å². The van der Waals surface area contributed by atoms with Crippen LogP contribution in [-0.4, -0.2) is 19.6 Å². The van der Waals surface area contributed by atoms with Crippen LogP contribution in [0.15, 0.2) is 18.2 Å². The molecule has 0 spiro atoms. The van der Waals surface area contributed by atoms with Gasteiger partial charge in [0.1, 0.15) is 11.5 Å². The van der Waals surface area contributed by atoms with Crippen molar-refractivity contribution in [2.24, 2.45) is 0 Å². The van der Waals surface area contributed by atoms with Crippen molar-refractivity contribution in [3.63, 3.8) is 0 Å². The predicted molar refractivity (Wildman–Crippen MR) is 57.6 cm³/mol. The van der Waals surface area contributed by atoms with Crippen molar-refractivity contribution in [3.05, 3.63) is 23.8 Å². The molecule has 0 fully saturated rings. The smallest absolute Gasteiger partial charge is 0.314 e. The molecule has 0 heterocycles. The first kappa shape index (κ1) is 11.7. The van der Waals surface area contributed by atoms with Gasteiger partial charge in [0, 0.05) is 18.2 Å². The van der Waals surface area contributed by atoms with Gasteiger partial charge in [-0.3, -0.25) is 4.79 Å². The fourth-order valence-corrected chi connectivity index (χ4v) is 1.23. The zero-order valence-electron chi connectivity index (χ0n) is 8.54. The van der Waals surface area contributed by atoms with Gasteiger partial charge < -0.3 is 14.8 Å². The number of hydrogen-bond acceptors (Lipinski definition) is 3. The van der Waals surface area contributed by atoms with Crippen LogP contribution in [0.25, 0.3) is 0 Å². The van der Waals surface area contributed by atoms with E-state index in [0.717, 1.165) is 5.56 Å². The summed E-state index contributed by atoms with van der Waals surface area (Å²) in [5, 5.41) is 1.89. The molecule has 1 amide bonds. The molecule has 0 unspecified atom stereocenters. The average molecular weight is 230 g/mol. The molecule has 1 aromatic carbocycles. The van der Waals surface area contributed by atoms with Crippen LogP contribution in [0.2, 0.25) is 0 Å². The summed E-state index contributed by atoms with van der Waals surface area (Å²) in [6.07, 6.45) is 0. The lowest BCUT2D eigenvalue weighted by atomic mass is 10.2. The number of hydrogen-bond donors (Lipinski definition) is 1. The number of amides is 1. The number of nitrogens with one attached hydrogen (secondary N) is 1. The van der Waals surface area contributed by atoms with E-state index in [1.165, 1.54) is 0 Å². The Hall–Kier alpha value is -1.42. The Morgan fingerprint density at radius 2 is 2.13 bits per heavy atom. The second-order valence-electron chi connectivity index (χ2n) is 2.81. The molecule has 15 heavy (non-hydrogen) atoms. The summed E-state index contributed by atoms with van der Waals surface area (Å²) in [4.78, 5) is 10.5. The SMILES string of the molecule is COc1ccc(CNC(=O)Cl)c(OC)c1. The number of benzene rings is 1. The minimum absolute atomic E-state index is 0.329. The highest BCUT2D eigenvalue weighted by Crippen LogP contribution is 2.24. The molecular weight excluding hydrogens is 218 g/mol. The van der Waals surface area contributed by atoms with Crippen molar-refractivity contribution < 1.29 is 14.3 Å². The lowest BCUT2D eigenvalue weighted by Crippen LogP contribution is -2.15. The van der Waals surface area contributed by atoms with Gasteiger partial charge in [0.2, 0.25) is 0 Å². The number of ether oxygens (including phenoxy) is 2. The lowest BCUT2D eigenvalue weighted by molar-refractivity contribution is 0.259. The second kappa shape index (κ2) is 5.46. The third-order valence-corrected chi connectivity index (χ3v) is 2.05. The van der Waals surface area contributed by atoms with E-state index in [4.69, 9.17) is 21.1 Å². The third-order valence-electron chi connectivity index (χ3n) is 1.91. The number of carbonyl (C=O) groups is 1. The molecule has 0 aliphatic carbocycles. The molecule has 1 rings (SSSR count). The molecule has 0 aromatic heterocycles. The summed E-state index contributed by atoms with van der Waals surface area (Å²) in [6.45, 7) is 0.329. The van der Waals surface area contributed by atoms with Crippen LogP contribution in [0.3, 0.4) is 0 Å². The summed E-state index contributed by atoms with van der Waals surface area (Å²) in [7, 11) is 3.13. The number of halogens is 1. The molecule has 1 aromatic rings. The number of carbonyl (C=O) groups excluding carboxylic acids is 1. The molecule has 0 aliphatic heterocycles. The molecular formula is C10H12ClNO3. The molecule has 0 aliphatic rings. The maximum atomic E-state index is 10.5. The van der Waals surface area contributed by atoms with Gasteiger partial charge in [-0.05, 0) is 23.7 Å². The van der Waals surface area contributed by atoms with Gasteiger partial charge in [-0.15, -0.1) is 0 Å². The van der Waals surface area contributed by atoms with E-state index in [0.29, 0.717) is 18.0 Å². The molecule has 4 nitrogen and oxygen atoms in total. The standard InChI is InChI=1S/C10H12ClNO3/c1-14-8-4-3-7(6-12-10(11)13)9(5-8)15-2/h3-5H,6H2,1-2H3,(H,12,13). The Morgan fingerprint density at radius 1 is 1.40 bits per heavy atom. The van der Waals surface area contributed by atoms with Gasteiger partial charge in [-0.1, -0.05) is 0 Å². The van der Waals surface area contributed by atoms with Crippen LogP contribution in [0, 0.1) is 0 Å². The predicted octanol–water partition coefficient (Wildman–Crippen LogP) is 2.15. The molecule has 5 heteroatoms. The Balaban J connectivity index is 2.82. The van der Waals surface area contributed by atoms with Crippen molar-refractivity contribution >= 4 is 17.0 Å². The van der Waals surface area contributed by atoms with E-state index in [1.807, 2.05) is 6.07 Å². The van der Waals surface area contributed by atoms with Gasteiger partial charge in [0.25, 0.3) is 0 Å². The van der Waals surface area contributed by atoms with Crippen molar-refractivity contribution in [2.75, 3.05) is 14.2 Å². The fourth-order valence-electron chi connectivity index (χ4n) is 1.16. The Labute approximate surface area is 93.1 Å². The van der Waals surface area contributed by atoms with Gasteiger partial charge >= 0.3 is 5.37 Å². The minimum Gasteiger partial charge on any atom is -0.497 e. The molecule has 0 radical (unpaired) electrons. The van der Waals surface area contributed by atoms with Crippen molar-refractivity contribution in [1.82, 2.24) is 5.32 Å². The Morgan fingerprint density at radius 3 is 2.67 bits per heavy atom. The normalized spacial score (nSPS) is 9.53. The Kier molecular flexibility index (Phi) is 4.24. The van der Waals surface area contributed by atoms with Crippen LogP contribution in [-0.2, 0) is 6.54 Å². The molecule has 1 N–H and O–H groups in total. The lowest BCUT2D eigenvalue weighted by Gasteiger charge is -2.09. The van der Waals surface area contributed by atoms with E-state index in [2.05, 4.69) is 5.32 Å². The molecule has 0 saturated heterocycles. The molecule has 0 saturated carbocycles. The average Bonchev–Trinajstić information content (AvgIpc) is 2.25. The molecule has 82 valence electrons. The number of rotatable bonds is 4. The summed E-state index contributed by atoms with van der Waals surface area (Å²) in [6, 6.07) is 5.35. The van der Waals surface area contributed by atoms with Crippen molar-refractivity contribution in [3.8, 4) is 11.5 Å². The quantitative estimate of drug-likeness (QED) is 0.636. The van der Waals surface area contributed by atoms with Crippen molar-refractivity contribution in [2.45, 2.75) is 6.54 Å². The van der Waals surface area contributed by atoms with E-state index >= 15 is 0 Å². The van der Waals surface area contributed by atoms with E-state index < -0.39 is 5.37 Å². The Bertz CT molecular complexity index is 355. The summed E-state index contributed by atoms with van der Waals surface area (Å²) >= 11 is 5.17. The van der Waals surface area contributed by atoms with Crippen LogP contribution in [0.5, 0.6) is 11.5 Å². The summed E-state index contributed by atoms with van der Waals surface area (Å²) < 4.78 is 10.2. The van der Waals surface area contributed by atoms with Crippen LogP contribution in [0.1, 0.15) is 5.56 Å². The van der Waals surface area contributed by atoms with Crippen LogP contribution < -0.4 is 14.8 Å². The van der Waals surface area contributed by atoms with Crippen molar-refractivity contribution in [1.29, 1.82) is 0 Å². The van der Waals surface area contributed by atoms with Gasteiger partial charge in [0.15, 0.2) is 0 Å². The highest BCUT2D eigenvalue weighted by molar-refractivity contribution is 6.62. The zero-order valence-corrected chi connectivity index (χ0v) is 9.30. The van der Waals surface area contributed by atoms with E-state index in [-0.39, 0.29) is 0 Å². The maximum Gasteiger partial charge on any atom is 0.314 e. The first-order valence-electron chi connectivity index (χ1n) is 4.31. The first-order valence-corrected chi connectivity index (χ1v) is 4.69. The van der Waals surface area contributed by atoms with Crippen LogP contribution >= 0.6 is 11.6 Å². The zero-order chi connectivity index (χ0) is 11.3. The van der Waals surface area contributed by atoms with E-state index in [9.17, 15) is 4.79 Å². The van der Waals surface area contributed by atoms with Gasteiger partial charge in [-0.2, -0.15) is 0 Å². The molecule has 0 atom stereocenters. The first-order chi connectivity index (χ1) is 7.17. The maximum absolute atomic E-state index is 10.5. The minimum atomic E-state index is -0.590. The largest absolute Gasteiger partial charge is 0.497 e. The fraction of sp³-hybridized carbons (Fsp3) is 0.300. The van der Waals surface area contributed by atoms with Crippen LogP contribution in [0.4, 0.5) is 4.79 Å². The summed E-state index contributed by atoms with van der Waals surface area (Å²) in [5.74, 6) is 1.35. The monoisotopic (exact) mass is 229 g/mol. The van der Waals surface area contributed by atoms with E-state index in [1.54, 1.807) is 26.4 Å². The highest BCUT2D eigenvalue weighted by atomic mass is 35.5. The summed E-state index contributed by atoms with van der Waals surface area (Å²) in [5.41, 5.74) is 0.840. The topological polar surface area (TPSA) is 47.6 Å². The third kappa shape index (κ3) is 3.32. The second-order valence-corrected chi connectivity index (χ2v) is 3.15. The highest BCUT2D eigenvalue weighted by Gasteiger charge is 2.05.